The molecule has 4 rings (SSSR count). The number of nitrogens with zero attached hydrogens (tertiary/aromatic N) is 1. The van der Waals surface area contributed by atoms with Gasteiger partial charge in [0, 0.05) is 19.0 Å². The molecule has 3 aromatic carbocycles. The summed E-state index contributed by atoms with van der Waals surface area (Å²) in [5, 5.41) is 18.9. The Morgan fingerprint density at radius 2 is 1.54 bits per heavy atom. The minimum absolute atomic E-state index is 0.0222. The van der Waals surface area contributed by atoms with Crippen LogP contribution in [-0.4, -0.2) is 67.9 Å². The van der Waals surface area contributed by atoms with Crippen LogP contribution < -0.4 is 16.0 Å². The number of carbonyl (C=O) groups is 4. The van der Waals surface area contributed by atoms with Crippen molar-refractivity contribution < 1.29 is 38.5 Å². The van der Waals surface area contributed by atoms with E-state index in [1.54, 1.807) is 38.1 Å². The number of hydrogen-bond acceptors (Lipinski definition) is 7. The molecule has 6 N–H and O–H groups in total. The molecule has 1 heterocycles. The largest absolute Gasteiger partial charge is 0.481 e. The van der Waals surface area contributed by atoms with Crippen molar-refractivity contribution in [1.82, 2.24) is 25.9 Å². The van der Waals surface area contributed by atoms with Gasteiger partial charge in [-0.15, -0.1) is 0 Å². The van der Waals surface area contributed by atoms with Crippen LogP contribution in [0.1, 0.15) is 37.1 Å². The fourth-order valence-corrected chi connectivity index (χ4v) is 6.93. The lowest BCUT2D eigenvalue weighted by Gasteiger charge is -2.28. The molecule has 0 aliphatic carbocycles. The van der Waals surface area contributed by atoms with E-state index in [9.17, 15) is 33.7 Å². The number of benzene rings is 3. The number of hydrogen-bond donors (Lipinski definition) is 6. The first-order valence-electron chi connectivity index (χ1n) is 15.5. The van der Waals surface area contributed by atoms with E-state index in [1.807, 2.05) is 48.5 Å². The van der Waals surface area contributed by atoms with Crippen molar-refractivity contribution in [3.63, 3.8) is 0 Å². The zero-order chi connectivity index (χ0) is 34.7. The highest BCUT2D eigenvalue weighted by Crippen LogP contribution is 2.47. The van der Waals surface area contributed by atoms with Gasteiger partial charge in [-0.3, -0.25) is 18.9 Å². The molecular weight excluding hydrogens is 637 g/mol. The maximum absolute atomic E-state index is 14.0. The van der Waals surface area contributed by atoms with Gasteiger partial charge in [0.2, 0.25) is 19.2 Å². The summed E-state index contributed by atoms with van der Waals surface area (Å²) in [6.07, 6.45) is 1.01. The number of fused-ring (bicyclic) bond motifs is 1. The number of imidazole rings is 1. The maximum atomic E-state index is 14.0. The van der Waals surface area contributed by atoms with E-state index >= 15 is 0 Å². The second kappa shape index (κ2) is 16.7. The maximum Gasteiger partial charge on any atom is 0.408 e. The Balaban J connectivity index is 1.60. The third kappa shape index (κ3) is 10.5. The van der Waals surface area contributed by atoms with Crippen molar-refractivity contribution in [2.75, 3.05) is 6.16 Å². The number of aromatic amines is 1. The number of carbonyl (C=O) groups excluding carboxylic acids is 3. The molecule has 2 unspecified atom stereocenters. The Morgan fingerprint density at radius 3 is 2.23 bits per heavy atom. The average Bonchev–Trinajstić information content (AvgIpc) is 3.56. The number of aliphatic carboxylic acids is 1. The lowest BCUT2D eigenvalue weighted by molar-refractivity contribution is -0.134. The van der Waals surface area contributed by atoms with Gasteiger partial charge in [0.25, 0.3) is 0 Å². The molecule has 0 saturated carbocycles. The molecule has 0 aliphatic heterocycles. The monoisotopic (exact) mass is 677 g/mol. The summed E-state index contributed by atoms with van der Waals surface area (Å²) in [6, 6.07) is 19.7. The van der Waals surface area contributed by atoms with Crippen LogP contribution in [-0.2, 0) is 43.1 Å². The Morgan fingerprint density at radius 1 is 0.875 bits per heavy atom. The van der Waals surface area contributed by atoms with Gasteiger partial charge in [0.05, 0.1) is 12.0 Å². The van der Waals surface area contributed by atoms with Gasteiger partial charge in [-0.1, -0.05) is 86.6 Å². The predicted molar refractivity (Wildman–Crippen MR) is 179 cm³/mol. The van der Waals surface area contributed by atoms with Crippen LogP contribution >= 0.6 is 7.37 Å². The zero-order valence-electron chi connectivity index (χ0n) is 26.7. The summed E-state index contributed by atoms with van der Waals surface area (Å²) in [5.41, 5.74) is 1.92. The van der Waals surface area contributed by atoms with Crippen molar-refractivity contribution in [2.24, 2.45) is 5.92 Å². The van der Waals surface area contributed by atoms with Crippen LogP contribution in [0.2, 0.25) is 0 Å². The van der Waals surface area contributed by atoms with E-state index in [0.717, 1.165) is 21.9 Å². The summed E-state index contributed by atoms with van der Waals surface area (Å²) in [6.45, 7) is 3.50. The topological polar surface area (TPSA) is 200 Å². The van der Waals surface area contributed by atoms with Gasteiger partial charge in [-0.25, -0.2) is 9.78 Å². The lowest BCUT2D eigenvalue weighted by Crippen LogP contribution is -2.56. The second-order valence-electron chi connectivity index (χ2n) is 11.9. The number of carboxylic acid groups (broad SMARTS) is 1. The fraction of sp³-hybridized carbons (Fsp3) is 0.324. The van der Waals surface area contributed by atoms with E-state index < -0.39 is 55.3 Å². The first kappa shape index (κ1) is 35.8. The van der Waals surface area contributed by atoms with Crippen molar-refractivity contribution in [2.45, 2.75) is 57.6 Å². The highest BCUT2D eigenvalue weighted by Gasteiger charge is 2.37. The molecule has 0 radical (unpaired) electrons. The van der Waals surface area contributed by atoms with Gasteiger partial charge in [-0.2, -0.15) is 0 Å². The summed E-state index contributed by atoms with van der Waals surface area (Å²) >= 11 is 0. The highest BCUT2D eigenvalue weighted by molar-refractivity contribution is 7.59. The van der Waals surface area contributed by atoms with Gasteiger partial charge in [0.1, 0.15) is 30.6 Å². The molecule has 3 amide bonds. The number of aromatic nitrogens is 2. The Hall–Kier alpha value is -5.00. The van der Waals surface area contributed by atoms with E-state index in [0.29, 0.717) is 5.69 Å². The van der Waals surface area contributed by atoms with Crippen molar-refractivity contribution in [1.29, 1.82) is 0 Å². The molecule has 254 valence electrons. The normalized spacial score (nSPS) is 14.3. The van der Waals surface area contributed by atoms with Crippen LogP contribution in [0.15, 0.2) is 85.3 Å². The van der Waals surface area contributed by atoms with Crippen molar-refractivity contribution in [3.05, 3.63) is 102 Å². The van der Waals surface area contributed by atoms with Crippen LogP contribution in [0.3, 0.4) is 0 Å². The second-order valence-corrected chi connectivity index (χ2v) is 14.3. The number of nitrogens with one attached hydrogen (secondary N) is 4. The number of rotatable bonds is 16. The molecular formula is C34H40N5O8P. The van der Waals surface area contributed by atoms with E-state index in [1.165, 1.54) is 12.5 Å². The van der Waals surface area contributed by atoms with Gasteiger partial charge in [-0.05, 0) is 34.2 Å². The minimum Gasteiger partial charge on any atom is -0.481 e. The third-order valence-corrected chi connectivity index (χ3v) is 9.62. The van der Waals surface area contributed by atoms with E-state index in [4.69, 9.17) is 4.74 Å². The molecule has 14 heteroatoms. The van der Waals surface area contributed by atoms with Crippen molar-refractivity contribution >= 4 is 42.0 Å². The molecule has 48 heavy (non-hydrogen) atoms. The minimum atomic E-state index is -4.39. The highest BCUT2D eigenvalue weighted by atomic mass is 31.2. The van der Waals surface area contributed by atoms with Gasteiger partial charge >= 0.3 is 12.1 Å². The number of carboxylic acids is 1. The van der Waals surface area contributed by atoms with Crippen LogP contribution in [0.5, 0.6) is 0 Å². The van der Waals surface area contributed by atoms with E-state index in [-0.39, 0.29) is 31.8 Å². The predicted octanol–water partition coefficient (Wildman–Crippen LogP) is 3.97. The molecule has 13 nitrogen and oxygen atoms in total. The van der Waals surface area contributed by atoms with Gasteiger partial charge < -0.3 is 35.7 Å². The molecule has 0 aliphatic rings. The quantitative estimate of drug-likeness (QED) is 0.0950. The van der Waals surface area contributed by atoms with Crippen LogP contribution in [0.25, 0.3) is 10.8 Å². The van der Waals surface area contributed by atoms with E-state index in [2.05, 4.69) is 25.9 Å². The summed E-state index contributed by atoms with van der Waals surface area (Å²) in [7, 11) is -4.39. The molecule has 0 fully saturated rings. The molecule has 0 saturated heterocycles. The van der Waals surface area contributed by atoms with Crippen molar-refractivity contribution in [3.8, 4) is 0 Å². The van der Waals surface area contributed by atoms with Crippen LogP contribution in [0, 0.1) is 5.92 Å². The average molecular weight is 678 g/mol. The standard InChI is InChI=1S/C34H40N5O8P/c1-22(2)15-30(48(45,46)20-31(40)41)39-33(43)29(17-26-18-35-21-36-26)37-32(42)28(38-34(44)47-19-23-9-4-3-5-10-23)16-25-13-8-12-24-11-6-7-14-27(24)25/h3-14,18,21-22,28-30H,15-17,19-20H2,1-2H3,(H,35,36)(H,37,42)(H,38,44)(H,39,43)(H,40,41)(H,45,46)/t28-,29+,30?/m1/s1. The zero-order valence-corrected chi connectivity index (χ0v) is 27.6. The Labute approximate surface area is 278 Å². The molecule has 1 aromatic heterocycles. The third-order valence-electron chi connectivity index (χ3n) is 7.58. The molecule has 0 bridgehead atoms. The molecule has 0 spiro atoms. The molecule has 4 aromatic rings. The first-order valence-corrected chi connectivity index (χ1v) is 17.4. The van der Waals surface area contributed by atoms with Gasteiger partial charge in [0.15, 0.2) is 0 Å². The first-order chi connectivity index (χ1) is 22.9. The Bertz CT molecular complexity index is 1740. The SMILES string of the molecule is CC(C)CC(NC(=O)[C@H](Cc1c[nH]cn1)NC(=O)[C@@H](Cc1cccc2ccccc12)NC(=O)OCc1ccccc1)P(=O)(O)CC(=O)O. The summed E-state index contributed by atoms with van der Waals surface area (Å²) in [5.74, 6) is -4.55. The fourth-order valence-electron chi connectivity index (χ4n) is 5.24. The number of ether oxygens (including phenoxy) is 1. The summed E-state index contributed by atoms with van der Waals surface area (Å²) < 4.78 is 18.5. The lowest BCUT2D eigenvalue weighted by atomic mass is 9.98. The smallest absolute Gasteiger partial charge is 0.408 e. The number of amides is 3. The number of alkyl carbamates (subject to hydrolysis) is 1. The molecule has 4 atom stereocenters. The summed E-state index contributed by atoms with van der Waals surface area (Å²) in [4.78, 5) is 69.6. The van der Waals surface area contributed by atoms with Crippen LogP contribution in [0.4, 0.5) is 4.79 Å². The Kier molecular flexibility index (Phi) is 12.5. The number of H-pyrrole nitrogens is 1.